The van der Waals surface area contributed by atoms with Gasteiger partial charge in [0.1, 0.15) is 6.61 Å². The van der Waals surface area contributed by atoms with Gasteiger partial charge < -0.3 is 4.74 Å². The molecule has 1 aliphatic heterocycles. The molecule has 0 aliphatic carbocycles. The Morgan fingerprint density at radius 3 is 2.73 bits per heavy atom. The lowest BCUT2D eigenvalue weighted by atomic mass is 9.91. The monoisotopic (exact) mass is 327 g/mol. The smallest absolute Gasteiger partial charge is 0.362 e. The molecular formula is C15H21NO5S. The van der Waals surface area contributed by atoms with Gasteiger partial charge in [-0.25, -0.2) is 8.49 Å². The van der Waals surface area contributed by atoms with Crippen molar-refractivity contribution in [3.05, 3.63) is 29.8 Å². The quantitative estimate of drug-likeness (QED) is 0.776. The van der Waals surface area contributed by atoms with Crippen molar-refractivity contribution in [1.29, 1.82) is 0 Å². The maximum absolute atomic E-state index is 12.0. The molecule has 0 radical (unpaired) electrons. The first-order valence-electron chi connectivity index (χ1n) is 7.20. The van der Waals surface area contributed by atoms with Crippen LogP contribution in [0, 0.1) is 5.41 Å². The Morgan fingerprint density at radius 1 is 1.36 bits per heavy atom. The predicted molar refractivity (Wildman–Crippen MR) is 82.5 cm³/mol. The Balaban J connectivity index is 2.07. The fourth-order valence-corrected chi connectivity index (χ4v) is 3.11. The Bertz CT molecular complexity index is 654. The fraction of sp³-hybridized carbons (Fsp3) is 0.533. The van der Waals surface area contributed by atoms with Gasteiger partial charge in [0.25, 0.3) is 0 Å². The highest BCUT2D eigenvalue weighted by molar-refractivity contribution is 7.88. The Hall–Kier alpha value is -1.60. The molecule has 0 N–H and O–H groups in total. The number of hydrogen-bond donors (Lipinski definition) is 0. The average molecular weight is 327 g/mol. The lowest BCUT2D eigenvalue weighted by Gasteiger charge is -2.30. The van der Waals surface area contributed by atoms with Crippen molar-refractivity contribution < 1.29 is 22.1 Å². The van der Waals surface area contributed by atoms with Gasteiger partial charge in [0.05, 0.1) is 24.3 Å². The molecule has 0 saturated heterocycles. The van der Waals surface area contributed by atoms with Crippen molar-refractivity contribution in [3.8, 4) is 0 Å². The first-order chi connectivity index (χ1) is 10.3. The van der Waals surface area contributed by atoms with Crippen molar-refractivity contribution in [2.45, 2.75) is 33.8 Å². The molecule has 0 amide bonds. The van der Waals surface area contributed by atoms with Crippen molar-refractivity contribution in [1.82, 2.24) is 0 Å². The third-order valence-corrected chi connectivity index (χ3v) is 5.19. The molecule has 0 saturated carbocycles. The first kappa shape index (κ1) is 16.8. The number of esters is 1. The second kappa shape index (κ2) is 6.26. The highest BCUT2D eigenvalue weighted by atomic mass is 32.2. The van der Waals surface area contributed by atoms with Gasteiger partial charge in [-0.3, -0.25) is 4.79 Å². The van der Waals surface area contributed by atoms with Crippen LogP contribution >= 0.6 is 0 Å². The van der Waals surface area contributed by atoms with E-state index < -0.39 is 15.7 Å². The van der Waals surface area contributed by atoms with Gasteiger partial charge in [0, 0.05) is 5.56 Å². The van der Waals surface area contributed by atoms with Crippen LogP contribution in [0.15, 0.2) is 24.3 Å². The summed E-state index contributed by atoms with van der Waals surface area (Å²) in [5, 5.41) is 0. The standard InChI is InChI=1S/C15H21NO5S/c1-4-15(2,3)14(17)20-10-9-16-13-8-6-5-7-12(13)11-21-22(16,18)19/h5-8H,4,9-11H2,1-3H3. The first-order valence-corrected chi connectivity index (χ1v) is 8.56. The molecule has 1 aromatic carbocycles. The maximum Gasteiger partial charge on any atom is 0.362 e. The zero-order valence-electron chi connectivity index (χ0n) is 13.0. The van der Waals surface area contributed by atoms with Crippen LogP contribution < -0.4 is 4.31 Å². The van der Waals surface area contributed by atoms with Crippen LogP contribution in [-0.2, 0) is 30.6 Å². The largest absolute Gasteiger partial charge is 0.463 e. The van der Waals surface area contributed by atoms with Crippen LogP contribution in [0.5, 0.6) is 0 Å². The van der Waals surface area contributed by atoms with Crippen molar-refractivity contribution in [2.75, 3.05) is 17.5 Å². The Morgan fingerprint density at radius 2 is 2.05 bits per heavy atom. The highest BCUT2D eigenvalue weighted by Crippen LogP contribution is 2.30. The summed E-state index contributed by atoms with van der Waals surface area (Å²) >= 11 is 0. The van der Waals surface area contributed by atoms with Crippen LogP contribution in [-0.4, -0.2) is 27.5 Å². The highest BCUT2D eigenvalue weighted by Gasteiger charge is 2.31. The summed E-state index contributed by atoms with van der Waals surface area (Å²) in [6.45, 7) is 5.54. The molecule has 0 bridgehead atoms. The van der Waals surface area contributed by atoms with Crippen molar-refractivity contribution >= 4 is 22.0 Å². The molecule has 0 atom stereocenters. The summed E-state index contributed by atoms with van der Waals surface area (Å²) in [6, 6.07) is 7.11. The number of nitrogens with zero attached hydrogens (tertiary/aromatic N) is 1. The van der Waals surface area contributed by atoms with E-state index in [0.717, 1.165) is 9.87 Å². The Kier molecular flexibility index (Phi) is 4.77. The molecule has 2 rings (SSSR count). The van der Waals surface area contributed by atoms with E-state index in [2.05, 4.69) is 0 Å². The van der Waals surface area contributed by atoms with E-state index in [0.29, 0.717) is 12.1 Å². The summed E-state index contributed by atoms with van der Waals surface area (Å²) in [4.78, 5) is 11.9. The topological polar surface area (TPSA) is 72.9 Å². The minimum atomic E-state index is -3.83. The molecular weight excluding hydrogens is 306 g/mol. The minimum absolute atomic E-state index is 0.0147. The van der Waals surface area contributed by atoms with E-state index in [1.807, 2.05) is 19.1 Å². The third kappa shape index (κ3) is 3.41. The number of hydrogen-bond acceptors (Lipinski definition) is 5. The van der Waals surface area contributed by atoms with Crippen molar-refractivity contribution in [3.63, 3.8) is 0 Å². The van der Waals surface area contributed by atoms with Crippen LogP contribution in [0.3, 0.4) is 0 Å². The van der Waals surface area contributed by atoms with Crippen molar-refractivity contribution in [2.24, 2.45) is 5.41 Å². The molecule has 0 unspecified atom stereocenters. The van der Waals surface area contributed by atoms with Gasteiger partial charge in [-0.05, 0) is 26.3 Å². The van der Waals surface area contributed by atoms with Crippen LogP contribution in [0.4, 0.5) is 5.69 Å². The molecule has 0 aromatic heterocycles. The number of ether oxygens (including phenoxy) is 1. The van der Waals surface area contributed by atoms with Gasteiger partial charge in [-0.1, -0.05) is 25.1 Å². The summed E-state index contributed by atoms with van der Waals surface area (Å²) in [5.41, 5.74) is 0.784. The molecule has 1 aliphatic rings. The molecule has 22 heavy (non-hydrogen) atoms. The normalized spacial score (nSPS) is 17.0. The number of benzene rings is 1. The predicted octanol–water partition coefficient (Wildman–Crippen LogP) is 2.25. The lowest BCUT2D eigenvalue weighted by Crippen LogP contribution is -2.39. The SMILES string of the molecule is CCC(C)(C)C(=O)OCCN1c2ccccc2COS1(=O)=O. The number of fused-ring (bicyclic) bond motifs is 1. The lowest BCUT2D eigenvalue weighted by molar-refractivity contribution is -0.153. The van der Waals surface area contributed by atoms with Crippen LogP contribution in [0.25, 0.3) is 0 Å². The molecule has 0 fully saturated rings. The van der Waals surface area contributed by atoms with Crippen LogP contribution in [0.2, 0.25) is 0 Å². The van der Waals surface area contributed by atoms with Gasteiger partial charge in [-0.15, -0.1) is 0 Å². The fourth-order valence-electron chi connectivity index (χ4n) is 1.99. The summed E-state index contributed by atoms with van der Waals surface area (Å²) in [7, 11) is -3.83. The molecule has 1 aromatic rings. The second-order valence-electron chi connectivity index (χ2n) is 5.79. The number of anilines is 1. The zero-order chi connectivity index (χ0) is 16.4. The summed E-state index contributed by atoms with van der Waals surface area (Å²) in [6.07, 6.45) is 0.653. The van der Waals surface area contributed by atoms with E-state index in [4.69, 9.17) is 8.92 Å². The zero-order valence-corrected chi connectivity index (χ0v) is 13.9. The van der Waals surface area contributed by atoms with Gasteiger partial charge in [0.15, 0.2) is 0 Å². The molecule has 7 heteroatoms. The number of para-hydroxylation sites is 1. The van der Waals surface area contributed by atoms with E-state index in [9.17, 15) is 13.2 Å². The average Bonchev–Trinajstić information content (AvgIpc) is 2.49. The Labute approximate surface area is 131 Å². The number of carbonyl (C=O) groups excluding carboxylic acids is 1. The summed E-state index contributed by atoms with van der Waals surface area (Å²) in [5.74, 6) is -0.335. The minimum Gasteiger partial charge on any atom is -0.463 e. The van der Waals surface area contributed by atoms with E-state index >= 15 is 0 Å². The second-order valence-corrected chi connectivity index (χ2v) is 7.33. The third-order valence-electron chi connectivity index (χ3n) is 3.86. The number of carbonyl (C=O) groups is 1. The van der Waals surface area contributed by atoms with Gasteiger partial charge >= 0.3 is 16.3 Å². The maximum atomic E-state index is 12.0. The number of rotatable bonds is 5. The molecule has 0 spiro atoms. The summed E-state index contributed by atoms with van der Waals surface area (Å²) < 4.78 is 35.3. The van der Waals surface area contributed by atoms with E-state index in [1.165, 1.54) is 0 Å². The van der Waals surface area contributed by atoms with Crippen LogP contribution in [0.1, 0.15) is 32.8 Å². The molecule has 6 nitrogen and oxygen atoms in total. The van der Waals surface area contributed by atoms with Gasteiger partial charge in [-0.2, -0.15) is 8.42 Å². The molecule has 122 valence electrons. The van der Waals surface area contributed by atoms with Gasteiger partial charge in [0.2, 0.25) is 0 Å². The molecule has 1 heterocycles. The van der Waals surface area contributed by atoms with E-state index in [1.54, 1.807) is 26.0 Å². The van der Waals surface area contributed by atoms with E-state index in [-0.39, 0.29) is 25.7 Å².